The molecule has 0 amide bonds. The molecule has 0 saturated carbocycles. The fraction of sp³-hybridized carbons (Fsp3) is 0.526. The molecule has 0 spiro atoms. The van der Waals surface area contributed by atoms with Gasteiger partial charge >= 0.3 is 0 Å². The molecule has 2 rings (SSSR count). The zero-order valence-corrected chi connectivity index (χ0v) is 15.0. The van der Waals surface area contributed by atoms with Crippen LogP contribution in [-0.4, -0.2) is 10.1 Å². The minimum Gasteiger partial charge on any atom is -0.387 e. The van der Waals surface area contributed by atoms with Gasteiger partial charge in [0.2, 0.25) is 0 Å². The Bertz CT molecular complexity index is 585. The molecule has 2 nitrogen and oxygen atoms in total. The van der Waals surface area contributed by atoms with Gasteiger partial charge in [0.1, 0.15) is 4.60 Å². The van der Waals surface area contributed by atoms with E-state index in [2.05, 4.69) is 33.9 Å². The van der Waals surface area contributed by atoms with Crippen LogP contribution >= 0.6 is 15.9 Å². The molecule has 0 aliphatic rings. The quantitative estimate of drug-likeness (QED) is 0.426. The van der Waals surface area contributed by atoms with Gasteiger partial charge in [-0.1, -0.05) is 76.1 Å². The highest BCUT2D eigenvalue weighted by Gasteiger charge is 2.13. The van der Waals surface area contributed by atoms with Crippen LogP contribution in [0, 0.1) is 0 Å². The molecule has 0 aliphatic heterocycles. The van der Waals surface area contributed by atoms with Gasteiger partial charge in [-0.25, -0.2) is 4.98 Å². The van der Waals surface area contributed by atoms with Crippen LogP contribution in [0.25, 0.3) is 10.8 Å². The number of aliphatic hydroxyl groups is 1. The van der Waals surface area contributed by atoms with Gasteiger partial charge in [0.05, 0.1) is 11.8 Å². The first-order valence-corrected chi connectivity index (χ1v) is 9.25. The molecule has 22 heavy (non-hydrogen) atoms. The van der Waals surface area contributed by atoms with Crippen molar-refractivity contribution in [1.82, 2.24) is 4.98 Å². The number of unbranched alkanes of at least 4 members (excludes halogenated alkanes) is 6. The first-order valence-electron chi connectivity index (χ1n) is 8.45. The lowest BCUT2D eigenvalue weighted by Crippen LogP contribution is -2.02. The van der Waals surface area contributed by atoms with Crippen molar-refractivity contribution in [2.24, 2.45) is 0 Å². The SMILES string of the molecule is CCCCCCCCCC(O)c1nc(Br)cc2ccccc12. The van der Waals surface area contributed by atoms with E-state index in [-0.39, 0.29) is 0 Å². The van der Waals surface area contributed by atoms with E-state index in [1.165, 1.54) is 38.5 Å². The fourth-order valence-electron chi connectivity index (χ4n) is 2.88. The second kappa shape index (κ2) is 9.26. The molecule has 1 unspecified atom stereocenters. The Morgan fingerprint density at radius 1 is 1.05 bits per heavy atom. The minimum absolute atomic E-state index is 0.474. The average molecular weight is 364 g/mol. The number of halogens is 1. The molecule has 1 aromatic heterocycles. The lowest BCUT2D eigenvalue weighted by Gasteiger charge is -2.13. The Balaban J connectivity index is 1.89. The van der Waals surface area contributed by atoms with Crippen LogP contribution in [0.4, 0.5) is 0 Å². The Kier molecular flexibility index (Phi) is 7.34. The molecule has 120 valence electrons. The smallest absolute Gasteiger partial charge is 0.107 e. The summed E-state index contributed by atoms with van der Waals surface area (Å²) in [5, 5.41) is 12.7. The van der Waals surface area contributed by atoms with Gasteiger partial charge in [-0.2, -0.15) is 0 Å². The van der Waals surface area contributed by atoms with E-state index in [0.717, 1.165) is 33.9 Å². The van der Waals surface area contributed by atoms with Crippen LogP contribution in [0.3, 0.4) is 0 Å². The summed E-state index contributed by atoms with van der Waals surface area (Å²) >= 11 is 3.45. The molecule has 3 heteroatoms. The van der Waals surface area contributed by atoms with E-state index in [9.17, 15) is 5.11 Å². The third-order valence-electron chi connectivity index (χ3n) is 4.14. The summed E-state index contributed by atoms with van der Waals surface area (Å²) in [4.78, 5) is 4.51. The predicted octanol–water partition coefficient (Wildman–Crippen LogP) is 6.17. The summed E-state index contributed by atoms with van der Waals surface area (Å²) in [7, 11) is 0. The molecule has 0 saturated heterocycles. The van der Waals surface area contributed by atoms with Gasteiger partial charge in [-0.05, 0) is 33.8 Å². The maximum Gasteiger partial charge on any atom is 0.107 e. The van der Waals surface area contributed by atoms with E-state index in [4.69, 9.17) is 0 Å². The summed E-state index contributed by atoms with van der Waals surface area (Å²) in [6, 6.07) is 10.1. The van der Waals surface area contributed by atoms with Gasteiger partial charge in [0.15, 0.2) is 0 Å². The Morgan fingerprint density at radius 3 is 2.50 bits per heavy atom. The molecule has 1 N–H and O–H groups in total. The predicted molar refractivity (Wildman–Crippen MR) is 97.0 cm³/mol. The van der Waals surface area contributed by atoms with Gasteiger partial charge in [0, 0.05) is 5.39 Å². The van der Waals surface area contributed by atoms with Crippen LogP contribution in [0.15, 0.2) is 34.9 Å². The number of nitrogens with zero attached hydrogens (tertiary/aromatic N) is 1. The first kappa shape index (κ1) is 17.4. The van der Waals surface area contributed by atoms with Crippen molar-refractivity contribution in [3.05, 3.63) is 40.6 Å². The van der Waals surface area contributed by atoms with E-state index in [0.29, 0.717) is 0 Å². The van der Waals surface area contributed by atoms with Crippen LogP contribution < -0.4 is 0 Å². The molecule has 0 radical (unpaired) electrons. The third-order valence-corrected chi connectivity index (χ3v) is 4.54. The van der Waals surface area contributed by atoms with Crippen LogP contribution in [0.2, 0.25) is 0 Å². The summed E-state index contributed by atoms with van der Waals surface area (Å²) in [5.41, 5.74) is 0.802. The Labute approximate surface area is 142 Å². The van der Waals surface area contributed by atoms with Crippen molar-refractivity contribution >= 4 is 26.7 Å². The molecule has 1 heterocycles. The molecule has 2 aromatic rings. The largest absolute Gasteiger partial charge is 0.387 e. The van der Waals surface area contributed by atoms with E-state index < -0.39 is 6.10 Å². The number of hydrogen-bond acceptors (Lipinski definition) is 2. The van der Waals surface area contributed by atoms with E-state index in [1.54, 1.807) is 0 Å². The van der Waals surface area contributed by atoms with Crippen molar-refractivity contribution in [3.63, 3.8) is 0 Å². The summed E-state index contributed by atoms with van der Waals surface area (Å²) in [5.74, 6) is 0. The van der Waals surface area contributed by atoms with Crippen molar-refractivity contribution < 1.29 is 5.11 Å². The lowest BCUT2D eigenvalue weighted by molar-refractivity contribution is 0.160. The number of aromatic nitrogens is 1. The number of pyridine rings is 1. The van der Waals surface area contributed by atoms with Gasteiger partial charge in [0.25, 0.3) is 0 Å². The second-order valence-corrected chi connectivity index (χ2v) is 6.79. The normalized spacial score (nSPS) is 12.7. The average Bonchev–Trinajstić information content (AvgIpc) is 2.53. The fourth-order valence-corrected chi connectivity index (χ4v) is 3.32. The standard InChI is InChI=1S/C19H26BrNO/c1-2-3-4-5-6-7-8-13-17(22)19-16-12-10-9-11-15(16)14-18(20)21-19/h9-12,14,17,22H,2-8,13H2,1H3. The number of aliphatic hydroxyl groups excluding tert-OH is 1. The molecule has 1 aromatic carbocycles. The summed E-state index contributed by atoms with van der Waals surface area (Å²) < 4.78 is 0.791. The highest BCUT2D eigenvalue weighted by molar-refractivity contribution is 9.10. The van der Waals surface area contributed by atoms with Gasteiger partial charge in [-0.15, -0.1) is 0 Å². The number of rotatable bonds is 9. The third kappa shape index (κ3) is 5.06. The van der Waals surface area contributed by atoms with Crippen molar-refractivity contribution in [2.75, 3.05) is 0 Å². The van der Waals surface area contributed by atoms with Crippen molar-refractivity contribution in [2.45, 2.75) is 64.4 Å². The van der Waals surface area contributed by atoms with Crippen LogP contribution in [0.5, 0.6) is 0 Å². The van der Waals surface area contributed by atoms with Gasteiger partial charge < -0.3 is 5.11 Å². The zero-order chi connectivity index (χ0) is 15.8. The van der Waals surface area contributed by atoms with E-state index in [1.807, 2.05) is 24.3 Å². The summed E-state index contributed by atoms with van der Waals surface area (Å²) in [6.45, 7) is 2.24. The number of hydrogen-bond donors (Lipinski definition) is 1. The molecule has 0 bridgehead atoms. The maximum absolute atomic E-state index is 10.5. The molecular formula is C19H26BrNO. The number of fused-ring (bicyclic) bond motifs is 1. The van der Waals surface area contributed by atoms with Crippen LogP contribution in [-0.2, 0) is 0 Å². The van der Waals surface area contributed by atoms with Crippen molar-refractivity contribution in [3.8, 4) is 0 Å². The maximum atomic E-state index is 10.5. The summed E-state index contributed by atoms with van der Waals surface area (Å²) in [6.07, 6.45) is 9.16. The molecule has 0 fully saturated rings. The number of benzene rings is 1. The molecular weight excluding hydrogens is 338 g/mol. The lowest BCUT2D eigenvalue weighted by atomic mass is 10.0. The monoisotopic (exact) mass is 363 g/mol. The van der Waals surface area contributed by atoms with Crippen LogP contribution in [0.1, 0.15) is 70.1 Å². The first-order chi connectivity index (χ1) is 10.7. The molecule has 1 atom stereocenters. The highest BCUT2D eigenvalue weighted by Crippen LogP contribution is 2.28. The Morgan fingerprint density at radius 2 is 1.73 bits per heavy atom. The second-order valence-electron chi connectivity index (χ2n) is 5.98. The Hall–Kier alpha value is -0.930. The molecule has 0 aliphatic carbocycles. The van der Waals surface area contributed by atoms with Crippen molar-refractivity contribution in [1.29, 1.82) is 0 Å². The highest BCUT2D eigenvalue weighted by atomic mass is 79.9. The topological polar surface area (TPSA) is 33.1 Å². The van der Waals surface area contributed by atoms with E-state index >= 15 is 0 Å². The minimum atomic E-state index is -0.474. The zero-order valence-electron chi connectivity index (χ0n) is 13.4. The van der Waals surface area contributed by atoms with Gasteiger partial charge in [-0.3, -0.25) is 0 Å².